The maximum atomic E-state index is 12.1. The van der Waals surface area contributed by atoms with Gasteiger partial charge in [0.15, 0.2) is 0 Å². The van der Waals surface area contributed by atoms with E-state index in [9.17, 15) is 9.59 Å². The highest BCUT2D eigenvalue weighted by molar-refractivity contribution is 5.94. The van der Waals surface area contributed by atoms with Gasteiger partial charge in [0.05, 0.1) is 26.7 Å². The number of likely N-dealkylation sites (N-methyl/N-ethyl adjacent to an activating group) is 1. The molecule has 0 unspecified atom stereocenters. The molecule has 138 valence electrons. The summed E-state index contributed by atoms with van der Waals surface area (Å²) in [5, 5.41) is 2.75. The number of rotatable bonds is 8. The molecule has 0 fully saturated rings. The molecule has 0 radical (unpaired) electrons. The summed E-state index contributed by atoms with van der Waals surface area (Å²) in [6, 6.07) is 14.7. The molecule has 2 aromatic carbocycles. The molecule has 2 amide bonds. The van der Waals surface area contributed by atoms with E-state index in [1.807, 2.05) is 31.2 Å². The average Bonchev–Trinajstić information content (AvgIpc) is 2.63. The molecule has 6 nitrogen and oxygen atoms in total. The van der Waals surface area contributed by atoms with Gasteiger partial charge in [-0.05, 0) is 31.2 Å². The number of hydrogen-bond acceptors (Lipinski definition) is 4. The third kappa shape index (κ3) is 6.12. The van der Waals surface area contributed by atoms with Crippen molar-refractivity contribution in [2.45, 2.75) is 13.3 Å². The lowest BCUT2D eigenvalue weighted by molar-refractivity contribution is -0.133. The number of anilines is 1. The van der Waals surface area contributed by atoms with Gasteiger partial charge in [0.2, 0.25) is 11.8 Å². The van der Waals surface area contributed by atoms with Crippen molar-refractivity contribution in [3.63, 3.8) is 0 Å². The molecular formula is C20H24N2O4. The van der Waals surface area contributed by atoms with E-state index in [-0.39, 0.29) is 31.4 Å². The molecule has 0 aliphatic heterocycles. The third-order valence-corrected chi connectivity index (χ3v) is 3.77. The van der Waals surface area contributed by atoms with Gasteiger partial charge in [-0.1, -0.05) is 23.8 Å². The van der Waals surface area contributed by atoms with Crippen LogP contribution in [0.5, 0.6) is 11.5 Å². The molecule has 0 heterocycles. The SMILES string of the molecule is COc1cccc(NC(=O)CN(C)C(=O)CCOc2ccc(C)cc2)c1. The number of nitrogens with zero attached hydrogens (tertiary/aromatic N) is 1. The van der Waals surface area contributed by atoms with Gasteiger partial charge in [0, 0.05) is 18.8 Å². The molecule has 1 N–H and O–H groups in total. The molecule has 0 aliphatic carbocycles. The zero-order valence-electron chi connectivity index (χ0n) is 15.3. The molecule has 0 bridgehead atoms. The fraction of sp³-hybridized carbons (Fsp3) is 0.300. The Morgan fingerprint density at radius 3 is 2.50 bits per heavy atom. The van der Waals surface area contributed by atoms with E-state index in [1.165, 1.54) is 4.90 Å². The molecule has 0 saturated carbocycles. The number of carbonyl (C=O) groups excluding carboxylic acids is 2. The fourth-order valence-electron chi connectivity index (χ4n) is 2.29. The zero-order valence-corrected chi connectivity index (χ0v) is 15.3. The molecule has 0 aliphatic rings. The number of methoxy groups -OCH3 is 1. The Kier molecular flexibility index (Phi) is 7.02. The second-order valence-electron chi connectivity index (χ2n) is 5.94. The normalized spacial score (nSPS) is 10.1. The summed E-state index contributed by atoms with van der Waals surface area (Å²) >= 11 is 0. The Bertz CT molecular complexity index is 744. The van der Waals surface area contributed by atoms with Crippen LogP contribution >= 0.6 is 0 Å². The molecule has 2 aromatic rings. The first-order valence-electron chi connectivity index (χ1n) is 8.35. The predicted molar refractivity (Wildman–Crippen MR) is 101 cm³/mol. The van der Waals surface area contributed by atoms with Gasteiger partial charge < -0.3 is 19.7 Å². The Hall–Kier alpha value is -3.02. The lowest BCUT2D eigenvalue weighted by Gasteiger charge is -2.17. The number of carbonyl (C=O) groups is 2. The number of amides is 2. The van der Waals surface area contributed by atoms with Gasteiger partial charge >= 0.3 is 0 Å². The first-order valence-corrected chi connectivity index (χ1v) is 8.35. The maximum absolute atomic E-state index is 12.1. The molecule has 0 spiro atoms. The van der Waals surface area contributed by atoms with Crippen LogP contribution in [0, 0.1) is 6.92 Å². The largest absolute Gasteiger partial charge is 0.497 e. The van der Waals surface area contributed by atoms with Crippen molar-refractivity contribution in [3.05, 3.63) is 54.1 Å². The van der Waals surface area contributed by atoms with Gasteiger partial charge in [-0.15, -0.1) is 0 Å². The third-order valence-electron chi connectivity index (χ3n) is 3.77. The van der Waals surface area contributed by atoms with Crippen molar-refractivity contribution in [1.82, 2.24) is 4.90 Å². The van der Waals surface area contributed by atoms with Crippen LogP contribution in [0.4, 0.5) is 5.69 Å². The van der Waals surface area contributed by atoms with E-state index in [0.717, 1.165) is 11.3 Å². The predicted octanol–water partition coefficient (Wildman–Crippen LogP) is 2.87. The van der Waals surface area contributed by atoms with E-state index in [4.69, 9.17) is 9.47 Å². The number of aryl methyl sites for hydroxylation is 1. The highest BCUT2D eigenvalue weighted by atomic mass is 16.5. The minimum atomic E-state index is -0.270. The Balaban J connectivity index is 1.74. The summed E-state index contributed by atoms with van der Waals surface area (Å²) in [5.74, 6) is 0.953. The first-order chi connectivity index (χ1) is 12.5. The second kappa shape index (κ2) is 9.46. The monoisotopic (exact) mass is 356 g/mol. The van der Waals surface area contributed by atoms with Crippen molar-refractivity contribution >= 4 is 17.5 Å². The van der Waals surface area contributed by atoms with E-state index >= 15 is 0 Å². The van der Waals surface area contributed by atoms with Crippen LogP contribution in [0.3, 0.4) is 0 Å². The van der Waals surface area contributed by atoms with E-state index < -0.39 is 0 Å². The average molecular weight is 356 g/mol. The smallest absolute Gasteiger partial charge is 0.243 e. The zero-order chi connectivity index (χ0) is 18.9. The quantitative estimate of drug-likeness (QED) is 0.790. The number of benzene rings is 2. The molecular weight excluding hydrogens is 332 g/mol. The molecule has 0 atom stereocenters. The van der Waals surface area contributed by atoms with Gasteiger partial charge in [0.1, 0.15) is 11.5 Å². The van der Waals surface area contributed by atoms with E-state index in [2.05, 4.69) is 5.32 Å². The molecule has 26 heavy (non-hydrogen) atoms. The van der Waals surface area contributed by atoms with E-state index in [1.54, 1.807) is 38.4 Å². The minimum Gasteiger partial charge on any atom is -0.497 e. The van der Waals surface area contributed by atoms with Crippen LogP contribution < -0.4 is 14.8 Å². The van der Waals surface area contributed by atoms with Crippen molar-refractivity contribution < 1.29 is 19.1 Å². The van der Waals surface area contributed by atoms with Gasteiger partial charge in [-0.25, -0.2) is 0 Å². The number of ether oxygens (including phenoxy) is 2. The summed E-state index contributed by atoms with van der Waals surface area (Å²) in [6.07, 6.45) is 0.205. The van der Waals surface area contributed by atoms with Crippen molar-refractivity contribution in [2.24, 2.45) is 0 Å². The first kappa shape index (κ1) is 19.3. The van der Waals surface area contributed by atoms with Crippen molar-refractivity contribution in [1.29, 1.82) is 0 Å². The standard InChI is InChI=1S/C20H24N2O4/c1-15-7-9-17(10-8-15)26-12-11-20(24)22(2)14-19(23)21-16-5-4-6-18(13-16)25-3/h4-10,13H,11-12,14H2,1-3H3,(H,21,23). The highest BCUT2D eigenvalue weighted by Crippen LogP contribution is 2.16. The Labute approximate surface area is 153 Å². The lowest BCUT2D eigenvalue weighted by Crippen LogP contribution is -2.35. The van der Waals surface area contributed by atoms with Crippen LogP contribution in [-0.2, 0) is 9.59 Å². The summed E-state index contributed by atoms with van der Waals surface area (Å²) in [7, 11) is 3.16. The summed E-state index contributed by atoms with van der Waals surface area (Å²) < 4.78 is 10.7. The topological polar surface area (TPSA) is 67.9 Å². The Morgan fingerprint density at radius 2 is 1.81 bits per heavy atom. The summed E-state index contributed by atoms with van der Waals surface area (Å²) in [5.41, 5.74) is 1.77. The van der Waals surface area contributed by atoms with Crippen molar-refractivity contribution in [3.8, 4) is 11.5 Å². The summed E-state index contributed by atoms with van der Waals surface area (Å²) in [4.78, 5) is 25.6. The number of hydrogen-bond donors (Lipinski definition) is 1. The molecule has 2 rings (SSSR count). The second-order valence-corrected chi connectivity index (χ2v) is 5.94. The maximum Gasteiger partial charge on any atom is 0.243 e. The highest BCUT2D eigenvalue weighted by Gasteiger charge is 2.13. The van der Waals surface area contributed by atoms with Crippen LogP contribution in [0.2, 0.25) is 0 Å². The Morgan fingerprint density at radius 1 is 1.08 bits per heavy atom. The van der Waals surface area contributed by atoms with Crippen molar-refractivity contribution in [2.75, 3.05) is 32.6 Å². The minimum absolute atomic E-state index is 0.0272. The molecule has 6 heteroatoms. The van der Waals surface area contributed by atoms with Crippen LogP contribution in [0.1, 0.15) is 12.0 Å². The van der Waals surface area contributed by atoms with Gasteiger partial charge in [-0.3, -0.25) is 9.59 Å². The van der Waals surface area contributed by atoms with Gasteiger partial charge in [-0.2, -0.15) is 0 Å². The fourth-order valence-corrected chi connectivity index (χ4v) is 2.29. The van der Waals surface area contributed by atoms with Crippen LogP contribution in [0.25, 0.3) is 0 Å². The van der Waals surface area contributed by atoms with Crippen LogP contribution in [-0.4, -0.2) is 44.0 Å². The number of nitrogens with one attached hydrogen (secondary N) is 1. The summed E-state index contributed by atoms with van der Waals surface area (Å²) in [6.45, 7) is 2.24. The lowest BCUT2D eigenvalue weighted by atomic mass is 10.2. The molecule has 0 aromatic heterocycles. The van der Waals surface area contributed by atoms with Gasteiger partial charge in [0.25, 0.3) is 0 Å². The van der Waals surface area contributed by atoms with E-state index in [0.29, 0.717) is 11.4 Å². The molecule has 0 saturated heterocycles. The van der Waals surface area contributed by atoms with Crippen LogP contribution in [0.15, 0.2) is 48.5 Å².